The van der Waals surface area contributed by atoms with Gasteiger partial charge in [-0.05, 0) is 6.92 Å². The second kappa shape index (κ2) is 5.12. The fraction of sp³-hybridized carbons (Fsp3) is 0.667. The number of carbonyl (C=O) groups is 2. The van der Waals surface area contributed by atoms with Gasteiger partial charge >= 0.3 is 0 Å². The predicted octanol–water partition coefficient (Wildman–Crippen LogP) is -0.239. The van der Waals surface area contributed by atoms with Crippen LogP contribution in [0.5, 0.6) is 0 Å². The van der Waals surface area contributed by atoms with Gasteiger partial charge in [0, 0.05) is 11.8 Å². The maximum Gasteiger partial charge on any atom is 0.239 e. The van der Waals surface area contributed by atoms with Crippen LogP contribution >= 0.6 is 15.9 Å². The van der Waals surface area contributed by atoms with Crippen molar-refractivity contribution >= 4 is 27.7 Å². The summed E-state index contributed by atoms with van der Waals surface area (Å²) >= 11 is 3.10. The lowest BCUT2D eigenvalue weighted by molar-refractivity contribution is -0.126. The maximum atomic E-state index is 10.8. The molecule has 0 bridgehead atoms. The van der Waals surface area contributed by atoms with E-state index in [1.54, 1.807) is 6.92 Å². The number of amides is 2. The van der Waals surface area contributed by atoms with Gasteiger partial charge < -0.3 is 11.1 Å². The molecule has 0 rings (SSSR count). The van der Waals surface area contributed by atoms with Gasteiger partial charge in [-0.2, -0.15) is 0 Å². The van der Waals surface area contributed by atoms with Crippen LogP contribution in [-0.2, 0) is 9.59 Å². The third-order valence-corrected chi connectivity index (χ3v) is 1.52. The normalized spacial score (nSPS) is 12.2. The molecular weight excluding hydrogens is 212 g/mol. The van der Waals surface area contributed by atoms with Crippen molar-refractivity contribution in [2.45, 2.75) is 19.4 Å². The fourth-order valence-electron chi connectivity index (χ4n) is 0.471. The highest BCUT2D eigenvalue weighted by atomic mass is 79.9. The molecule has 0 aliphatic rings. The van der Waals surface area contributed by atoms with Crippen molar-refractivity contribution < 1.29 is 9.59 Å². The first kappa shape index (κ1) is 10.4. The third-order valence-electron chi connectivity index (χ3n) is 1.13. The summed E-state index contributed by atoms with van der Waals surface area (Å²) in [4.78, 5) is 21.2. The molecule has 11 heavy (non-hydrogen) atoms. The summed E-state index contributed by atoms with van der Waals surface area (Å²) in [5.41, 5.74) is 4.92. The molecule has 0 aromatic heterocycles. The standard InChI is InChI=1S/C6H11BrN2O2/c1-4(6(8)11)9-5(10)2-3-7/h4H,2-3H2,1H3,(H2,8,11)(H,9,10)/t4-/m1/s1. The van der Waals surface area contributed by atoms with Gasteiger partial charge in [-0.1, -0.05) is 15.9 Å². The molecule has 0 spiro atoms. The zero-order valence-electron chi connectivity index (χ0n) is 6.26. The SMILES string of the molecule is C[C@@H](NC(=O)CCBr)C(N)=O. The molecule has 0 aromatic carbocycles. The largest absolute Gasteiger partial charge is 0.368 e. The number of hydrogen-bond donors (Lipinski definition) is 2. The fourth-order valence-corrected chi connectivity index (χ4v) is 0.831. The van der Waals surface area contributed by atoms with E-state index in [0.717, 1.165) is 0 Å². The lowest BCUT2D eigenvalue weighted by Crippen LogP contribution is -2.42. The predicted molar refractivity (Wildman–Crippen MR) is 45.2 cm³/mol. The summed E-state index contributed by atoms with van der Waals surface area (Å²) in [5.74, 6) is -0.693. The molecule has 2 amide bonds. The van der Waals surface area contributed by atoms with Crippen LogP contribution in [0.3, 0.4) is 0 Å². The molecule has 5 heteroatoms. The number of alkyl halides is 1. The van der Waals surface area contributed by atoms with E-state index >= 15 is 0 Å². The zero-order valence-corrected chi connectivity index (χ0v) is 7.85. The van der Waals surface area contributed by atoms with E-state index in [1.165, 1.54) is 0 Å². The van der Waals surface area contributed by atoms with Gasteiger partial charge in [0.15, 0.2) is 0 Å². The van der Waals surface area contributed by atoms with Gasteiger partial charge in [0.1, 0.15) is 6.04 Å². The maximum absolute atomic E-state index is 10.8. The smallest absolute Gasteiger partial charge is 0.239 e. The summed E-state index contributed by atoms with van der Waals surface area (Å²) in [5, 5.41) is 3.02. The van der Waals surface area contributed by atoms with E-state index in [-0.39, 0.29) is 5.91 Å². The molecular formula is C6H11BrN2O2. The minimum atomic E-state index is -0.582. The molecule has 4 nitrogen and oxygen atoms in total. The van der Waals surface area contributed by atoms with Gasteiger partial charge in [0.05, 0.1) is 0 Å². The van der Waals surface area contributed by atoms with E-state index in [0.29, 0.717) is 11.8 Å². The van der Waals surface area contributed by atoms with Crippen LogP contribution in [0.25, 0.3) is 0 Å². The van der Waals surface area contributed by atoms with Crippen molar-refractivity contribution in [1.29, 1.82) is 0 Å². The average molecular weight is 223 g/mol. The van der Waals surface area contributed by atoms with Crippen LogP contribution in [0.2, 0.25) is 0 Å². The molecule has 0 saturated heterocycles. The first-order chi connectivity index (χ1) is 5.07. The monoisotopic (exact) mass is 222 g/mol. The Morgan fingerprint density at radius 2 is 2.18 bits per heavy atom. The Morgan fingerprint density at radius 3 is 2.55 bits per heavy atom. The van der Waals surface area contributed by atoms with Crippen LogP contribution in [-0.4, -0.2) is 23.2 Å². The lowest BCUT2D eigenvalue weighted by Gasteiger charge is -2.08. The molecule has 3 N–H and O–H groups in total. The van der Waals surface area contributed by atoms with E-state index in [9.17, 15) is 9.59 Å². The van der Waals surface area contributed by atoms with Crippen LogP contribution in [0, 0.1) is 0 Å². The Balaban J connectivity index is 3.66. The van der Waals surface area contributed by atoms with Crippen molar-refractivity contribution in [3.8, 4) is 0 Å². The van der Waals surface area contributed by atoms with Crippen LogP contribution in [0.1, 0.15) is 13.3 Å². The van der Waals surface area contributed by atoms with Crippen LogP contribution in [0.4, 0.5) is 0 Å². The molecule has 0 aromatic rings. The molecule has 0 heterocycles. The molecule has 0 radical (unpaired) electrons. The molecule has 0 fully saturated rings. The van der Waals surface area contributed by atoms with E-state index in [4.69, 9.17) is 5.73 Å². The summed E-state index contributed by atoms with van der Waals surface area (Å²) in [6.07, 6.45) is 0.359. The Labute approximate surface area is 73.6 Å². The zero-order chi connectivity index (χ0) is 8.85. The summed E-state index contributed by atoms with van der Waals surface area (Å²) in [6, 6.07) is -0.582. The second-order valence-electron chi connectivity index (χ2n) is 2.13. The van der Waals surface area contributed by atoms with E-state index < -0.39 is 11.9 Å². The van der Waals surface area contributed by atoms with Crippen LogP contribution in [0.15, 0.2) is 0 Å². The molecule has 0 unspecified atom stereocenters. The van der Waals surface area contributed by atoms with E-state index in [2.05, 4.69) is 21.2 Å². The molecule has 64 valence electrons. The van der Waals surface area contributed by atoms with Crippen LogP contribution < -0.4 is 11.1 Å². The Kier molecular flexibility index (Phi) is 4.85. The summed E-state index contributed by atoms with van der Waals surface area (Å²) in [7, 11) is 0. The summed E-state index contributed by atoms with van der Waals surface area (Å²) < 4.78 is 0. The molecule has 0 saturated carbocycles. The van der Waals surface area contributed by atoms with Crippen molar-refractivity contribution in [2.75, 3.05) is 5.33 Å². The number of nitrogens with two attached hydrogens (primary N) is 1. The summed E-state index contributed by atoms with van der Waals surface area (Å²) in [6.45, 7) is 1.55. The molecule has 1 atom stereocenters. The minimum Gasteiger partial charge on any atom is -0.368 e. The van der Waals surface area contributed by atoms with Gasteiger partial charge in [0.2, 0.25) is 11.8 Å². The first-order valence-electron chi connectivity index (χ1n) is 3.22. The van der Waals surface area contributed by atoms with Gasteiger partial charge in [0.25, 0.3) is 0 Å². The number of nitrogens with one attached hydrogen (secondary N) is 1. The number of hydrogen-bond acceptors (Lipinski definition) is 2. The number of carbonyl (C=O) groups excluding carboxylic acids is 2. The van der Waals surface area contributed by atoms with Crippen molar-refractivity contribution in [3.63, 3.8) is 0 Å². The van der Waals surface area contributed by atoms with Crippen molar-refractivity contribution in [3.05, 3.63) is 0 Å². The topological polar surface area (TPSA) is 72.2 Å². The Hall–Kier alpha value is -0.580. The Morgan fingerprint density at radius 1 is 1.64 bits per heavy atom. The van der Waals surface area contributed by atoms with Crippen molar-refractivity contribution in [1.82, 2.24) is 5.32 Å². The van der Waals surface area contributed by atoms with Crippen molar-refractivity contribution in [2.24, 2.45) is 5.73 Å². The lowest BCUT2D eigenvalue weighted by atomic mass is 10.3. The molecule has 0 aliphatic carbocycles. The van der Waals surface area contributed by atoms with Gasteiger partial charge in [-0.25, -0.2) is 0 Å². The minimum absolute atomic E-state index is 0.173. The number of primary amides is 1. The highest BCUT2D eigenvalue weighted by Crippen LogP contribution is 1.88. The average Bonchev–Trinajstić information content (AvgIpc) is 1.87. The van der Waals surface area contributed by atoms with E-state index in [1.807, 2.05) is 0 Å². The third kappa shape index (κ3) is 4.78. The Bertz CT molecular complexity index is 161. The van der Waals surface area contributed by atoms with Gasteiger partial charge in [-0.3, -0.25) is 9.59 Å². The highest BCUT2D eigenvalue weighted by molar-refractivity contribution is 9.09. The highest BCUT2D eigenvalue weighted by Gasteiger charge is 2.10. The number of halogens is 1. The molecule has 0 aliphatic heterocycles. The van der Waals surface area contributed by atoms with Gasteiger partial charge in [-0.15, -0.1) is 0 Å². The quantitative estimate of drug-likeness (QED) is 0.645. The first-order valence-corrected chi connectivity index (χ1v) is 4.34. The number of rotatable bonds is 4. The second-order valence-corrected chi connectivity index (χ2v) is 2.92.